The van der Waals surface area contributed by atoms with Crippen molar-refractivity contribution in [2.75, 3.05) is 6.54 Å². The zero-order valence-electron chi connectivity index (χ0n) is 11.1. The highest BCUT2D eigenvalue weighted by Crippen LogP contribution is 2.15. The van der Waals surface area contributed by atoms with E-state index in [4.69, 9.17) is 0 Å². The van der Waals surface area contributed by atoms with Crippen LogP contribution in [-0.2, 0) is 4.79 Å². The molecule has 0 aliphatic carbocycles. The zero-order valence-corrected chi connectivity index (χ0v) is 11.1. The molecule has 1 amide bonds. The van der Waals surface area contributed by atoms with Crippen molar-refractivity contribution >= 4 is 5.91 Å². The minimum Gasteiger partial charge on any atom is -0.339 e. The lowest BCUT2D eigenvalue weighted by Gasteiger charge is -2.34. The SMILES string of the molecule is CCCN(C(=O)C1CCCC(C)N1)C(C)C. The van der Waals surface area contributed by atoms with Gasteiger partial charge in [0.15, 0.2) is 0 Å². The van der Waals surface area contributed by atoms with Gasteiger partial charge in [0.1, 0.15) is 0 Å². The Morgan fingerprint density at radius 1 is 1.44 bits per heavy atom. The minimum absolute atomic E-state index is 0.0534. The molecule has 0 radical (unpaired) electrons. The first kappa shape index (κ1) is 13.5. The van der Waals surface area contributed by atoms with Gasteiger partial charge in [-0.25, -0.2) is 0 Å². The summed E-state index contributed by atoms with van der Waals surface area (Å²) >= 11 is 0. The maximum Gasteiger partial charge on any atom is 0.239 e. The van der Waals surface area contributed by atoms with E-state index in [9.17, 15) is 4.79 Å². The Bertz CT molecular complexity index is 228. The third-order valence-corrected chi connectivity index (χ3v) is 3.28. The highest BCUT2D eigenvalue weighted by atomic mass is 16.2. The Kier molecular flexibility index (Phi) is 5.26. The number of carbonyl (C=O) groups excluding carboxylic acids is 1. The van der Waals surface area contributed by atoms with Crippen LogP contribution in [-0.4, -0.2) is 35.5 Å². The highest BCUT2D eigenvalue weighted by molar-refractivity contribution is 5.82. The molecule has 16 heavy (non-hydrogen) atoms. The van der Waals surface area contributed by atoms with Crippen LogP contribution in [0.3, 0.4) is 0 Å². The number of piperidine rings is 1. The van der Waals surface area contributed by atoms with Gasteiger partial charge in [-0.15, -0.1) is 0 Å². The molecule has 1 aliphatic heterocycles. The van der Waals surface area contributed by atoms with Gasteiger partial charge in [-0.3, -0.25) is 4.79 Å². The molecule has 1 saturated heterocycles. The molecule has 3 nitrogen and oxygen atoms in total. The van der Waals surface area contributed by atoms with Crippen molar-refractivity contribution in [3.63, 3.8) is 0 Å². The van der Waals surface area contributed by atoms with Crippen LogP contribution in [0.25, 0.3) is 0 Å². The first-order valence-electron chi connectivity index (χ1n) is 6.62. The molecule has 94 valence electrons. The van der Waals surface area contributed by atoms with E-state index in [0.29, 0.717) is 18.0 Å². The topological polar surface area (TPSA) is 32.3 Å². The van der Waals surface area contributed by atoms with E-state index >= 15 is 0 Å². The van der Waals surface area contributed by atoms with Crippen molar-refractivity contribution in [3.8, 4) is 0 Å². The Labute approximate surface area is 99.6 Å². The molecule has 1 aliphatic rings. The molecule has 2 unspecified atom stereocenters. The fourth-order valence-corrected chi connectivity index (χ4v) is 2.40. The molecular weight excluding hydrogens is 200 g/mol. The van der Waals surface area contributed by atoms with Crippen LogP contribution in [0.1, 0.15) is 53.4 Å². The number of rotatable bonds is 4. The minimum atomic E-state index is 0.0534. The quantitative estimate of drug-likeness (QED) is 0.796. The molecule has 0 aromatic rings. The van der Waals surface area contributed by atoms with Crippen molar-refractivity contribution in [2.24, 2.45) is 0 Å². The monoisotopic (exact) mass is 226 g/mol. The van der Waals surface area contributed by atoms with Gasteiger partial charge >= 0.3 is 0 Å². The molecular formula is C13H26N2O. The summed E-state index contributed by atoms with van der Waals surface area (Å²) in [4.78, 5) is 14.3. The summed E-state index contributed by atoms with van der Waals surface area (Å²) in [5.41, 5.74) is 0. The Morgan fingerprint density at radius 3 is 2.62 bits per heavy atom. The Hall–Kier alpha value is -0.570. The fraction of sp³-hybridized carbons (Fsp3) is 0.923. The molecule has 0 aromatic heterocycles. The van der Waals surface area contributed by atoms with Crippen molar-refractivity contribution < 1.29 is 4.79 Å². The molecule has 3 heteroatoms. The van der Waals surface area contributed by atoms with Gasteiger partial charge in [0.05, 0.1) is 6.04 Å². The predicted molar refractivity (Wildman–Crippen MR) is 67.4 cm³/mol. The van der Waals surface area contributed by atoms with Gasteiger partial charge in [-0.2, -0.15) is 0 Å². The number of carbonyl (C=O) groups is 1. The molecule has 0 saturated carbocycles. The maximum absolute atomic E-state index is 12.3. The fourth-order valence-electron chi connectivity index (χ4n) is 2.40. The zero-order chi connectivity index (χ0) is 12.1. The summed E-state index contributed by atoms with van der Waals surface area (Å²) in [6, 6.07) is 0.850. The molecule has 1 fully saturated rings. The van der Waals surface area contributed by atoms with Gasteiger partial charge in [-0.1, -0.05) is 6.92 Å². The first-order valence-corrected chi connectivity index (χ1v) is 6.62. The number of amides is 1. The highest BCUT2D eigenvalue weighted by Gasteiger charge is 2.28. The molecule has 0 bridgehead atoms. The Balaban J connectivity index is 2.58. The number of hydrogen-bond acceptors (Lipinski definition) is 2. The Morgan fingerprint density at radius 2 is 2.12 bits per heavy atom. The number of nitrogens with one attached hydrogen (secondary N) is 1. The molecule has 1 heterocycles. The van der Waals surface area contributed by atoms with Crippen LogP contribution in [0, 0.1) is 0 Å². The summed E-state index contributed by atoms with van der Waals surface area (Å²) in [5.74, 6) is 0.295. The van der Waals surface area contributed by atoms with E-state index in [0.717, 1.165) is 19.4 Å². The lowest BCUT2D eigenvalue weighted by molar-refractivity contribution is -0.136. The summed E-state index contributed by atoms with van der Waals surface area (Å²) in [6.07, 6.45) is 4.39. The summed E-state index contributed by atoms with van der Waals surface area (Å²) in [6.45, 7) is 9.36. The van der Waals surface area contributed by atoms with Crippen molar-refractivity contribution in [2.45, 2.75) is 71.5 Å². The van der Waals surface area contributed by atoms with E-state index in [1.165, 1.54) is 12.8 Å². The van der Waals surface area contributed by atoms with Gasteiger partial charge in [0.25, 0.3) is 0 Å². The average Bonchev–Trinajstić information content (AvgIpc) is 2.24. The van der Waals surface area contributed by atoms with Crippen molar-refractivity contribution in [1.29, 1.82) is 0 Å². The lowest BCUT2D eigenvalue weighted by Crippen LogP contribution is -2.53. The smallest absolute Gasteiger partial charge is 0.239 e. The van der Waals surface area contributed by atoms with E-state index in [-0.39, 0.29) is 6.04 Å². The van der Waals surface area contributed by atoms with Crippen molar-refractivity contribution in [1.82, 2.24) is 10.2 Å². The van der Waals surface area contributed by atoms with Crippen LogP contribution in [0.4, 0.5) is 0 Å². The van der Waals surface area contributed by atoms with E-state index in [2.05, 4.69) is 33.0 Å². The second-order valence-corrected chi connectivity index (χ2v) is 5.18. The predicted octanol–water partition coefficient (Wildman–Crippen LogP) is 2.16. The second kappa shape index (κ2) is 6.24. The van der Waals surface area contributed by atoms with Crippen molar-refractivity contribution in [3.05, 3.63) is 0 Å². The third-order valence-electron chi connectivity index (χ3n) is 3.28. The molecule has 1 N–H and O–H groups in total. The molecule has 1 rings (SSSR count). The third kappa shape index (κ3) is 3.48. The molecule has 0 aromatic carbocycles. The van der Waals surface area contributed by atoms with E-state index in [1.54, 1.807) is 0 Å². The first-order chi connectivity index (χ1) is 7.56. The van der Waals surface area contributed by atoms with Gasteiger partial charge in [0, 0.05) is 18.6 Å². The average molecular weight is 226 g/mol. The van der Waals surface area contributed by atoms with E-state index < -0.39 is 0 Å². The largest absolute Gasteiger partial charge is 0.339 e. The van der Waals surface area contributed by atoms with Gasteiger partial charge < -0.3 is 10.2 Å². The van der Waals surface area contributed by atoms with Crippen LogP contribution in [0.15, 0.2) is 0 Å². The molecule has 0 spiro atoms. The van der Waals surface area contributed by atoms with E-state index in [1.807, 2.05) is 4.90 Å². The maximum atomic E-state index is 12.3. The summed E-state index contributed by atoms with van der Waals surface area (Å²) in [7, 11) is 0. The lowest BCUT2D eigenvalue weighted by atomic mass is 9.98. The standard InChI is InChI=1S/C13H26N2O/c1-5-9-15(10(2)3)13(16)12-8-6-7-11(4)14-12/h10-12,14H,5-9H2,1-4H3. The number of nitrogens with zero attached hydrogens (tertiary/aromatic N) is 1. The van der Waals surface area contributed by atoms with Crippen LogP contribution in [0.2, 0.25) is 0 Å². The van der Waals surface area contributed by atoms with Gasteiger partial charge in [-0.05, 0) is 46.5 Å². The van der Waals surface area contributed by atoms with Crippen LogP contribution in [0.5, 0.6) is 0 Å². The van der Waals surface area contributed by atoms with Crippen LogP contribution < -0.4 is 5.32 Å². The van der Waals surface area contributed by atoms with Crippen LogP contribution >= 0.6 is 0 Å². The number of hydrogen-bond donors (Lipinski definition) is 1. The molecule has 2 atom stereocenters. The summed E-state index contributed by atoms with van der Waals surface area (Å²) < 4.78 is 0. The summed E-state index contributed by atoms with van der Waals surface area (Å²) in [5, 5.41) is 3.42. The normalized spacial score (nSPS) is 25.8. The second-order valence-electron chi connectivity index (χ2n) is 5.18. The van der Waals surface area contributed by atoms with Gasteiger partial charge in [0.2, 0.25) is 5.91 Å².